The summed E-state index contributed by atoms with van der Waals surface area (Å²) in [6.45, 7) is 5.25. The van der Waals surface area contributed by atoms with Crippen molar-refractivity contribution in [3.63, 3.8) is 0 Å². The molecule has 1 unspecified atom stereocenters. The van der Waals surface area contributed by atoms with Crippen LogP contribution in [0.5, 0.6) is 0 Å². The lowest BCUT2D eigenvalue weighted by atomic mass is 9.86. The number of allylic oxidation sites excluding steroid dienone is 1. The molecule has 0 aromatic heterocycles. The number of hydrogen-bond donors (Lipinski definition) is 1. The summed E-state index contributed by atoms with van der Waals surface area (Å²) in [6.07, 6.45) is 0.0352. The summed E-state index contributed by atoms with van der Waals surface area (Å²) in [4.78, 5) is 24.1. The van der Waals surface area contributed by atoms with Crippen LogP contribution >= 0.6 is 11.6 Å². The van der Waals surface area contributed by atoms with Crippen molar-refractivity contribution in [2.24, 2.45) is 5.92 Å². The van der Waals surface area contributed by atoms with Crippen molar-refractivity contribution in [1.29, 1.82) is 0 Å². The maximum Gasteiger partial charge on any atom is 0.255 e. The van der Waals surface area contributed by atoms with Gasteiger partial charge in [-0.15, -0.1) is 0 Å². The second-order valence-corrected chi connectivity index (χ2v) is 9.93. The van der Waals surface area contributed by atoms with Crippen LogP contribution < -0.4 is 5.32 Å². The number of sulfone groups is 1. The van der Waals surface area contributed by atoms with Crippen molar-refractivity contribution in [1.82, 2.24) is 0 Å². The van der Waals surface area contributed by atoms with Crippen molar-refractivity contribution in [2.75, 3.05) is 5.32 Å². The Kier molecular flexibility index (Phi) is 6.29. The van der Waals surface area contributed by atoms with Gasteiger partial charge in [0, 0.05) is 29.3 Å². The van der Waals surface area contributed by atoms with Crippen LogP contribution in [0.2, 0.25) is 5.02 Å². The highest BCUT2D eigenvalue weighted by Crippen LogP contribution is 2.35. The lowest BCUT2D eigenvalue weighted by molar-refractivity contribution is -0.119. The fourth-order valence-corrected chi connectivity index (χ4v) is 5.81. The van der Waals surface area contributed by atoms with E-state index in [0.29, 0.717) is 12.1 Å². The monoisotopic (exact) mass is 471 g/mol. The van der Waals surface area contributed by atoms with Gasteiger partial charge >= 0.3 is 0 Å². The third kappa shape index (κ3) is 4.52. The van der Waals surface area contributed by atoms with Crippen LogP contribution in [0.3, 0.4) is 0 Å². The first-order valence-corrected chi connectivity index (χ1v) is 11.1. The third-order valence-electron chi connectivity index (χ3n) is 5.07. The van der Waals surface area contributed by atoms with Crippen LogP contribution in [0.25, 0.3) is 0 Å². The maximum absolute atomic E-state index is 13.4. The summed E-state index contributed by atoms with van der Waals surface area (Å²) in [5.41, 5.74) is -0.291. The number of carbonyl (C=O) groups is 2. The SMILES string of the molecule is C=C1C[C@@H](S(=O)(=O)c2cc(C(=O)Nc3cc(F)c(F)c(F)c3)ccc2Cl)CC(C)C1=O. The number of benzene rings is 2. The second-order valence-electron chi connectivity index (χ2n) is 7.33. The summed E-state index contributed by atoms with van der Waals surface area (Å²) in [5.74, 6) is -6.25. The van der Waals surface area contributed by atoms with Crippen molar-refractivity contribution in [3.05, 3.63) is 70.5 Å². The van der Waals surface area contributed by atoms with Crippen LogP contribution in [0.1, 0.15) is 30.1 Å². The van der Waals surface area contributed by atoms with E-state index >= 15 is 0 Å². The van der Waals surface area contributed by atoms with Crippen molar-refractivity contribution < 1.29 is 31.2 Å². The highest BCUT2D eigenvalue weighted by Gasteiger charge is 2.38. The molecule has 1 aliphatic carbocycles. The van der Waals surface area contributed by atoms with E-state index in [9.17, 15) is 31.2 Å². The van der Waals surface area contributed by atoms with E-state index in [1.165, 1.54) is 12.1 Å². The van der Waals surface area contributed by atoms with Gasteiger partial charge in [-0.2, -0.15) is 0 Å². The average molecular weight is 472 g/mol. The summed E-state index contributed by atoms with van der Waals surface area (Å²) >= 11 is 6.08. The fourth-order valence-electron chi connectivity index (χ4n) is 3.42. The van der Waals surface area contributed by atoms with Gasteiger partial charge in [0.15, 0.2) is 33.1 Å². The molecular weight excluding hydrogens is 455 g/mol. The molecule has 0 saturated heterocycles. The standard InChI is InChI=1S/C21H17ClF3NO4S/c1-10-5-14(6-11(2)20(10)27)31(29,30)18-7-12(3-4-15(18)22)21(28)26-13-8-16(23)19(25)17(24)9-13/h3-4,7-9,11,14H,1,5-6H2,2H3,(H,26,28)/t11?,14-/m1/s1. The van der Waals surface area contributed by atoms with E-state index < -0.39 is 44.4 Å². The van der Waals surface area contributed by atoms with Crippen LogP contribution in [0.4, 0.5) is 18.9 Å². The first-order chi connectivity index (χ1) is 14.4. The first kappa shape index (κ1) is 23.0. The number of nitrogens with one attached hydrogen (secondary N) is 1. The van der Waals surface area contributed by atoms with E-state index in [0.717, 1.165) is 6.07 Å². The Hall–Kier alpha value is -2.65. The minimum atomic E-state index is -4.02. The van der Waals surface area contributed by atoms with E-state index in [1.54, 1.807) is 6.92 Å². The molecule has 31 heavy (non-hydrogen) atoms. The number of carbonyl (C=O) groups excluding carboxylic acids is 2. The largest absolute Gasteiger partial charge is 0.322 e. The van der Waals surface area contributed by atoms with Gasteiger partial charge in [-0.05, 0) is 36.6 Å². The number of hydrogen-bond acceptors (Lipinski definition) is 4. The minimum absolute atomic E-state index is 0.0492. The van der Waals surface area contributed by atoms with E-state index in [1.807, 2.05) is 0 Å². The smallest absolute Gasteiger partial charge is 0.255 e. The Morgan fingerprint density at radius 1 is 1.16 bits per heavy atom. The zero-order valence-corrected chi connectivity index (χ0v) is 17.8. The Labute approximate surface area is 181 Å². The van der Waals surface area contributed by atoms with Gasteiger partial charge in [0.25, 0.3) is 5.91 Å². The molecule has 1 fully saturated rings. The van der Waals surface area contributed by atoms with Crippen molar-refractivity contribution in [3.8, 4) is 0 Å². The molecule has 0 spiro atoms. The third-order valence-corrected chi connectivity index (χ3v) is 7.70. The van der Waals surface area contributed by atoms with E-state index in [4.69, 9.17) is 11.6 Å². The molecule has 5 nitrogen and oxygen atoms in total. The summed E-state index contributed by atoms with van der Waals surface area (Å²) in [7, 11) is -4.02. The molecule has 0 aliphatic heterocycles. The molecule has 164 valence electrons. The molecule has 0 bridgehead atoms. The molecule has 2 aromatic rings. The zero-order chi connectivity index (χ0) is 23.1. The van der Waals surface area contributed by atoms with Gasteiger partial charge in [-0.25, -0.2) is 21.6 Å². The molecule has 2 aromatic carbocycles. The molecule has 1 aliphatic rings. The number of halogens is 4. The van der Waals surface area contributed by atoms with Crippen LogP contribution in [-0.4, -0.2) is 25.4 Å². The highest BCUT2D eigenvalue weighted by molar-refractivity contribution is 7.92. The second kappa shape index (κ2) is 8.47. The Balaban J connectivity index is 1.92. The predicted octanol–water partition coefficient (Wildman–Crippen LogP) is 4.71. The van der Waals surface area contributed by atoms with Gasteiger partial charge in [-0.1, -0.05) is 25.1 Å². The van der Waals surface area contributed by atoms with E-state index in [2.05, 4.69) is 11.9 Å². The lowest BCUT2D eigenvalue weighted by Gasteiger charge is -2.27. The minimum Gasteiger partial charge on any atom is -0.322 e. The molecule has 10 heteroatoms. The zero-order valence-electron chi connectivity index (χ0n) is 16.2. The van der Waals surface area contributed by atoms with Crippen LogP contribution in [0, 0.1) is 23.4 Å². The molecule has 1 saturated carbocycles. The average Bonchev–Trinajstić information content (AvgIpc) is 2.69. The van der Waals surface area contributed by atoms with Crippen molar-refractivity contribution >= 4 is 38.8 Å². The molecule has 2 atom stereocenters. The first-order valence-electron chi connectivity index (χ1n) is 9.13. The number of amides is 1. The topological polar surface area (TPSA) is 80.3 Å². The molecule has 0 radical (unpaired) electrons. The number of anilines is 1. The Morgan fingerprint density at radius 2 is 1.77 bits per heavy atom. The molecule has 0 heterocycles. The van der Waals surface area contributed by atoms with Gasteiger partial charge in [0.2, 0.25) is 0 Å². The van der Waals surface area contributed by atoms with Crippen LogP contribution in [-0.2, 0) is 14.6 Å². The maximum atomic E-state index is 13.4. The van der Waals surface area contributed by atoms with Crippen molar-refractivity contribution in [2.45, 2.75) is 29.9 Å². The van der Waals surface area contributed by atoms with E-state index in [-0.39, 0.29) is 45.4 Å². The normalized spacial score (nSPS) is 19.4. The molecular formula is C21H17ClF3NO4S. The summed E-state index contributed by atoms with van der Waals surface area (Å²) < 4.78 is 66.1. The van der Waals surface area contributed by atoms with Gasteiger partial charge in [0.1, 0.15) is 0 Å². The summed E-state index contributed by atoms with van der Waals surface area (Å²) in [5, 5.41) is 1.12. The Morgan fingerprint density at radius 3 is 2.35 bits per heavy atom. The molecule has 1 N–H and O–H groups in total. The quantitative estimate of drug-likeness (QED) is 0.517. The lowest BCUT2D eigenvalue weighted by Crippen LogP contribution is -2.33. The number of Topliss-reactive ketones (excluding diaryl/α,β-unsaturated/α-hetero) is 1. The van der Waals surface area contributed by atoms with Crippen LogP contribution in [0.15, 0.2) is 47.4 Å². The number of rotatable bonds is 4. The highest BCUT2D eigenvalue weighted by atomic mass is 35.5. The summed E-state index contributed by atoms with van der Waals surface area (Å²) in [6, 6.07) is 4.68. The fraction of sp³-hybridized carbons (Fsp3) is 0.238. The Bertz CT molecular complexity index is 1190. The predicted molar refractivity (Wildman–Crippen MR) is 109 cm³/mol. The van der Waals surface area contributed by atoms with Gasteiger partial charge in [0.05, 0.1) is 15.2 Å². The molecule has 3 rings (SSSR count). The van der Waals surface area contributed by atoms with Gasteiger partial charge < -0.3 is 5.32 Å². The number of ketones is 1. The molecule has 1 amide bonds. The van der Waals surface area contributed by atoms with Gasteiger partial charge in [-0.3, -0.25) is 9.59 Å².